The van der Waals surface area contributed by atoms with Gasteiger partial charge in [-0.15, -0.1) is 0 Å². The van der Waals surface area contributed by atoms with Crippen molar-refractivity contribution in [3.05, 3.63) is 65.7 Å². The van der Waals surface area contributed by atoms with Crippen LogP contribution in [0.5, 0.6) is 0 Å². The number of urea groups is 1. The predicted octanol–water partition coefficient (Wildman–Crippen LogP) is 3.07. The largest absolute Gasteiger partial charge is 0.351 e. The zero-order chi connectivity index (χ0) is 15.1. The number of hydrogen-bond acceptors (Lipinski definition) is 2. The van der Waals surface area contributed by atoms with Gasteiger partial charge in [-0.2, -0.15) is 0 Å². The summed E-state index contributed by atoms with van der Waals surface area (Å²) in [5.41, 5.74) is 8.30. The fourth-order valence-corrected chi connectivity index (χ4v) is 2.19. The van der Waals surface area contributed by atoms with Crippen LogP contribution in [0.2, 0.25) is 0 Å². The molecular weight excluding hydrogens is 262 g/mol. The normalized spacial score (nSPS) is 11.9. The number of primary amides is 1. The van der Waals surface area contributed by atoms with E-state index in [1.807, 2.05) is 30.3 Å². The van der Waals surface area contributed by atoms with Crippen molar-refractivity contribution in [1.29, 1.82) is 0 Å². The summed E-state index contributed by atoms with van der Waals surface area (Å²) in [6.45, 7) is 3.05. The van der Waals surface area contributed by atoms with Crippen LogP contribution in [-0.2, 0) is 6.42 Å². The maximum Gasteiger partial charge on any atom is 0.316 e. The van der Waals surface area contributed by atoms with Crippen LogP contribution >= 0.6 is 0 Å². The Balaban J connectivity index is 1.82. The number of amides is 2. The lowest BCUT2D eigenvalue weighted by molar-refractivity contribution is 0.259. The zero-order valence-electron chi connectivity index (χ0n) is 12.2. The van der Waals surface area contributed by atoms with Gasteiger partial charge in [0.05, 0.1) is 0 Å². The highest BCUT2D eigenvalue weighted by molar-refractivity contribution is 5.87. The molecule has 21 heavy (non-hydrogen) atoms. The van der Waals surface area contributed by atoms with Crippen LogP contribution in [0.1, 0.15) is 24.1 Å². The van der Waals surface area contributed by atoms with Crippen LogP contribution in [0.25, 0.3) is 0 Å². The quantitative estimate of drug-likeness (QED) is 0.762. The van der Waals surface area contributed by atoms with E-state index in [-0.39, 0.29) is 6.04 Å². The lowest BCUT2D eigenvalue weighted by atomic mass is 10.1. The second-order valence-electron chi connectivity index (χ2n) is 5.02. The first kappa shape index (κ1) is 15.1. The van der Waals surface area contributed by atoms with Crippen molar-refractivity contribution in [2.24, 2.45) is 5.73 Å². The van der Waals surface area contributed by atoms with Gasteiger partial charge >= 0.3 is 6.03 Å². The third kappa shape index (κ3) is 4.93. The molecular formula is C17H21N3O. The second-order valence-corrected chi connectivity index (χ2v) is 5.02. The lowest BCUT2D eigenvalue weighted by Gasteiger charge is -2.15. The standard InChI is InChI=1S/C17H21N3O/c1-13(19-12-11-14-5-3-2-4-6-14)15-7-9-16(10-8-15)20-17(18)21/h2-10,13,19H,11-12H2,1H3,(H3,18,20,21). The minimum Gasteiger partial charge on any atom is -0.351 e. The number of rotatable bonds is 6. The van der Waals surface area contributed by atoms with E-state index in [1.165, 1.54) is 11.1 Å². The summed E-state index contributed by atoms with van der Waals surface area (Å²) in [4.78, 5) is 10.8. The van der Waals surface area contributed by atoms with E-state index >= 15 is 0 Å². The number of carbonyl (C=O) groups excluding carboxylic acids is 1. The van der Waals surface area contributed by atoms with Crippen LogP contribution in [0, 0.1) is 0 Å². The third-order valence-electron chi connectivity index (χ3n) is 3.39. The Morgan fingerprint density at radius 3 is 2.38 bits per heavy atom. The summed E-state index contributed by atoms with van der Waals surface area (Å²) in [6.07, 6.45) is 1.01. The van der Waals surface area contributed by atoms with Gasteiger partial charge in [0.25, 0.3) is 0 Å². The maximum absolute atomic E-state index is 10.8. The molecule has 2 rings (SSSR count). The van der Waals surface area contributed by atoms with Gasteiger partial charge in [-0.1, -0.05) is 42.5 Å². The van der Waals surface area contributed by atoms with Gasteiger partial charge in [0.2, 0.25) is 0 Å². The molecule has 4 N–H and O–H groups in total. The lowest BCUT2D eigenvalue weighted by Crippen LogP contribution is -2.21. The van der Waals surface area contributed by atoms with Crippen LogP contribution in [-0.4, -0.2) is 12.6 Å². The highest BCUT2D eigenvalue weighted by Crippen LogP contribution is 2.16. The molecule has 110 valence electrons. The van der Waals surface area contributed by atoms with E-state index in [9.17, 15) is 4.79 Å². The molecule has 0 aromatic heterocycles. The fourth-order valence-electron chi connectivity index (χ4n) is 2.19. The molecule has 2 aromatic rings. The van der Waals surface area contributed by atoms with E-state index in [0.717, 1.165) is 13.0 Å². The first-order valence-electron chi connectivity index (χ1n) is 7.09. The third-order valence-corrected chi connectivity index (χ3v) is 3.39. The first-order valence-corrected chi connectivity index (χ1v) is 7.09. The summed E-state index contributed by atoms with van der Waals surface area (Å²) in [7, 11) is 0. The molecule has 0 radical (unpaired) electrons. The average molecular weight is 283 g/mol. The highest BCUT2D eigenvalue weighted by Gasteiger charge is 2.05. The summed E-state index contributed by atoms with van der Waals surface area (Å²) >= 11 is 0. The van der Waals surface area contributed by atoms with Gasteiger partial charge in [-0.3, -0.25) is 0 Å². The average Bonchev–Trinajstić information content (AvgIpc) is 2.48. The number of benzene rings is 2. The Morgan fingerprint density at radius 2 is 1.76 bits per heavy atom. The monoisotopic (exact) mass is 283 g/mol. The molecule has 2 aromatic carbocycles. The number of anilines is 1. The van der Waals surface area contributed by atoms with Crippen molar-refractivity contribution < 1.29 is 4.79 Å². The molecule has 0 aliphatic heterocycles. The van der Waals surface area contributed by atoms with E-state index < -0.39 is 6.03 Å². The Bertz CT molecular complexity index is 566. The molecule has 4 nitrogen and oxygen atoms in total. The van der Waals surface area contributed by atoms with Gasteiger partial charge in [-0.25, -0.2) is 4.79 Å². The predicted molar refractivity (Wildman–Crippen MR) is 86.2 cm³/mol. The van der Waals surface area contributed by atoms with Gasteiger partial charge < -0.3 is 16.4 Å². The number of nitrogens with one attached hydrogen (secondary N) is 2. The Labute approximate surface area is 125 Å². The number of hydrogen-bond donors (Lipinski definition) is 3. The molecule has 1 atom stereocenters. The van der Waals surface area contributed by atoms with Crippen LogP contribution in [0.3, 0.4) is 0 Å². The van der Waals surface area contributed by atoms with Gasteiger partial charge in [-0.05, 0) is 43.1 Å². The summed E-state index contributed by atoms with van der Waals surface area (Å²) < 4.78 is 0. The highest BCUT2D eigenvalue weighted by atomic mass is 16.2. The van der Waals surface area contributed by atoms with Crippen molar-refractivity contribution in [2.45, 2.75) is 19.4 Å². The van der Waals surface area contributed by atoms with E-state index in [1.54, 1.807) is 0 Å². The molecule has 0 aliphatic carbocycles. The van der Waals surface area contributed by atoms with Gasteiger partial charge in [0.15, 0.2) is 0 Å². The molecule has 0 saturated carbocycles. The number of nitrogens with two attached hydrogens (primary N) is 1. The van der Waals surface area contributed by atoms with Crippen molar-refractivity contribution in [3.8, 4) is 0 Å². The Kier molecular flexibility index (Phi) is 5.35. The summed E-state index contributed by atoms with van der Waals surface area (Å²) in [6, 6.07) is 17.8. The molecule has 0 aliphatic rings. The molecule has 2 amide bonds. The van der Waals surface area contributed by atoms with E-state index in [4.69, 9.17) is 5.73 Å². The minimum atomic E-state index is -0.545. The van der Waals surface area contributed by atoms with Crippen LogP contribution < -0.4 is 16.4 Å². The summed E-state index contributed by atoms with van der Waals surface area (Å²) in [5, 5.41) is 6.05. The molecule has 0 fully saturated rings. The molecule has 1 unspecified atom stereocenters. The van der Waals surface area contributed by atoms with Gasteiger partial charge in [0.1, 0.15) is 0 Å². The second kappa shape index (κ2) is 7.45. The van der Waals surface area contributed by atoms with Crippen LogP contribution in [0.15, 0.2) is 54.6 Å². The van der Waals surface area contributed by atoms with Crippen molar-refractivity contribution in [2.75, 3.05) is 11.9 Å². The Morgan fingerprint density at radius 1 is 1.10 bits per heavy atom. The van der Waals surface area contributed by atoms with Crippen LogP contribution in [0.4, 0.5) is 10.5 Å². The molecule has 0 saturated heterocycles. The molecule has 0 spiro atoms. The number of carbonyl (C=O) groups is 1. The first-order chi connectivity index (χ1) is 10.1. The zero-order valence-corrected chi connectivity index (χ0v) is 12.2. The fraction of sp³-hybridized carbons (Fsp3) is 0.235. The van der Waals surface area contributed by atoms with Crippen molar-refractivity contribution in [1.82, 2.24) is 5.32 Å². The SMILES string of the molecule is CC(NCCc1ccccc1)c1ccc(NC(N)=O)cc1. The Hall–Kier alpha value is -2.33. The topological polar surface area (TPSA) is 67.2 Å². The molecule has 4 heteroatoms. The van der Waals surface area contributed by atoms with E-state index in [0.29, 0.717) is 5.69 Å². The van der Waals surface area contributed by atoms with Gasteiger partial charge in [0, 0.05) is 11.7 Å². The maximum atomic E-state index is 10.8. The molecule has 0 heterocycles. The smallest absolute Gasteiger partial charge is 0.316 e. The van der Waals surface area contributed by atoms with E-state index in [2.05, 4.69) is 41.8 Å². The minimum absolute atomic E-state index is 0.261. The van der Waals surface area contributed by atoms with Crippen molar-refractivity contribution >= 4 is 11.7 Å². The summed E-state index contributed by atoms with van der Waals surface area (Å²) in [5.74, 6) is 0. The van der Waals surface area contributed by atoms with Crippen molar-refractivity contribution in [3.63, 3.8) is 0 Å². The molecule has 0 bridgehead atoms.